The van der Waals surface area contributed by atoms with Crippen LogP contribution in [-0.4, -0.2) is 38.9 Å². The van der Waals surface area contributed by atoms with Crippen molar-refractivity contribution in [3.05, 3.63) is 42.6 Å². The van der Waals surface area contributed by atoms with Crippen molar-refractivity contribution in [3.63, 3.8) is 0 Å². The van der Waals surface area contributed by atoms with Gasteiger partial charge in [-0.05, 0) is 18.2 Å². The molecule has 0 aliphatic carbocycles. The van der Waals surface area contributed by atoms with Gasteiger partial charge in [0.15, 0.2) is 0 Å². The number of nitrogens with zero attached hydrogens (tertiary/aromatic N) is 1. The maximum Gasteiger partial charge on any atom is 0.244 e. The Morgan fingerprint density at radius 3 is 2.26 bits per heavy atom. The van der Waals surface area contributed by atoms with Crippen LogP contribution in [0, 0.1) is 0 Å². The van der Waals surface area contributed by atoms with Crippen molar-refractivity contribution in [3.8, 4) is 23.0 Å². The summed E-state index contributed by atoms with van der Waals surface area (Å²) in [4.78, 5) is 12.6. The summed E-state index contributed by atoms with van der Waals surface area (Å²) in [5.74, 6) is 2.36. The Balaban J connectivity index is 1.84. The number of methoxy groups -OCH3 is 4. The minimum absolute atomic E-state index is 0.134. The average molecular weight is 370 g/mol. The Kier molecular flexibility index (Phi) is 5.40. The molecule has 3 aromatic rings. The molecule has 0 saturated carbocycles. The predicted octanol–water partition coefficient (Wildman–Crippen LogP) is 3.31. The van der Waals surface area contributed by atoms with Crippen molar-refractivity contribution in [1.29, 1.82) is 0 Å². The van der Waals surface area contributed by atoms with Gasteiger partial charge in [0.1, 0.15) is 29.5 Å². The summed E-state index contributed by atoms with van der Waals surface area (Å²) in [5, 5.41) is 3.78. The molecule has 1 N–H and O–H groups in total. The summed E-state index contributed by atoms with van der Waals surface area (Å²) in [7, 11) is 6.32. The lowest BCUT2D eigenvalue weighted by atomic mass is 10.2. The summed E-state index contributed by atoms with van der Waals surface area (Å²) in [6.07, 6.45) is 1.84. The number of ether oxygens (including phenoxy) is 4. The smallest absolute Gasteiger partial charge is 0.244 e. The fraction of sp³-hybridized carbons (Fsp3) is 0.250. The quantitative estimate of drug-likeness (QED) is 0.691. The highest BCUT2D eigenvalue weighted by molar-refractivity contribution is 5.94. The second-order valence-electron chi connectivity index (χ2n) is 5.82. The van der Waals surface area contributed by atoms with Crippen molar-refractivity contribution >= 4 is 22.5 Å². The van der Waals surface area contributed by atoms with E-state index in [-0.39, 0.29) is 12.5 Å². The minimum Gasteiger partial charge on any atom is -0.497 e. The Labute approximate surface area is 157 Å². The van der Waals surface area contributed by atoms with Gasteiger partial charge in [0.05, 0.1) is 39.6 Å². The number of hydrogen-bond donors (Lipinski definition) is 1. The van der Waals surface area contributed by atoms with E-state index in [1.165, 1.54) is 0 Å². The number of carbonyl (C=O) groups is 1. The lowest BCUT2D eigenvalue weighted by molar-refractivity contribution is -0.116. The molecule has 7 heteroatoms. The molecule has 1 amide bonds. The monoisotopic (exact) mass is 370 g/mol. The second kappa shape index (κ2) is 7.90. The third-order valence-electron chi connectivity index (χ3n) is 4.28. The summed E-state index contributed by atoms with van der Waals surface area (Å²) in [6, 6.07) is 10.8. The topological polar surface area (TPSA) is 71.0 Å². The first-order valence-corrected chi connectivity index (χ1v) is 8.32. The van der Waals surface area contributed by atoms with E-state index in [1.54, 1.807) is 46.6 Å². The molecule has 0 spiro atoms. The van der Waals surface area contributed by atoms with Crippen molar-refractivity contribution in [1.82, 2.24) is 4.57 Å². The van der Waals surface area contributed by atoms with Crippen LogP contribution in [0.4, 0.5) is 5.69 Å². The van der Waals surface area contributed by atoms with Crippen molar-refractivity contribution < 1.29 is 23.7 Å². The fourth-order valence-corrected chi connectivity index (χ4v) is 2.91. The number of aromatic nitrogens is 1. The number of rotatable bonds is 7. The summed E-state index contributed by atoms with van der Waals surface area (Å²) in [5.41, 5.74) is 1.43. The van der Waals surface area contributed by atoms with Crippen LogP contribution in [0.25, 0.3) is 10.9 Å². The van der Waals surface area contributed by atoms with Crippen LogP contribution in [0.15, 0.2) is 42.6 Å². The molecular weight excluding hydrogens is 348 g/mol. The maximum atomic E-state index is 12.6. The average Bonchev–Trinajstić information content (AvgIpc) is 3.09. The zero-order valence-electron chi connectivity index (χ0n) is 15.7. The van der Waals surface area contributed by atoms with E-state index < -0.39 is 0 Å². The van der Waals surface area contributed by atoms with Crippen molar-refractivity contribution in [2.24, 2.45) is 0 Å². The molecule has 1 heterocycles. The highest BCUT2D eigenvalue weighted by Gasteiger charge is 2.13. The number of anilines is 1. The van der Waals surface area contributed by atoms with Crippen LogP contribution in [0.2, 0.25) is 0 Å². The molecule has 0 aliphatic rings. The largest absolute Gasteiger partial charge is 0.497 e. The Morgan fingerprint density at radius 2 is 1.59 bits per heavy atom. The highest BCUT2D eigenvalue weighted by atomic mass is 16.5. The summed E-state index contributed by atoms with van der Waals surface area (Å²) < 4.78 is 23.1. The summed E-state index contributed by atoms with van der Waals surface area (Å²) >= 11 is 0. The second-order valence-corrected chi connectivity index (χ2v) is 5.82. The van der Waals surface area contributed by atoms with E-state index in [0.29, 0.717) is 28.7 Å². The van der Waals surface area contributed by atoms with Gasteiger partial charge in [-0.15, -0.1) is 0 Å². The number of nitrogens with one attached hydrogen (secondary N) is 1. The van der Waals surface area contributed by atoms with Gasteiger partial charge < -0.3 is 28.8 Å². The molecule has 0 atom stereocenters. The van der Waals surface area contributed by atoms with Gasteiger partial charge in [-0.25, -0.2) is 0 Å². The number of amides is 1. The molecule has 0 saturated heterocycles. The molecule has 0 fully saturated rings. The molecule has 0 bridgehead atoms. The fourth-order valence-electron chi connectivity index (χ4n) is 2.91. The molecule has 0 unspecified atom stereocenters. The molecule has 3 rings (SSSR count). The normalized spacial score (nSPS) is 10.5. The number of fused-ring (bicyclic) bond motifs is 1. The van der Waals surface area contributed by atoms with E-state index in [4.69, 9.17) is 18.9 Å². The van der Waals surface area contributed by atoms with Gasteiger partial charge in [-0.2, -0.15) is 0 Å². The van der Waals surface area contributed by atoms with Crippen LogP contribution in [0.3, 0.4) is 0 Å². The molecule has 27 heavy (non-hydrogen) atoms. The molecule has 142 valence electrons. The zero-order chi connectivity index (χ0) is 19.4. The van der Waals surface area contributed by atoms with Crippen LogP contribution >= 0.6 is 0 Å². The lowest BCUT2D eigenvalue weighted by Crippen LogP contribution is -2.18. The van der Waals surface area contributed by atoms with E-state index >= 15 is 0 Å². The van der Waals surface area contributed by atoms with Gasteiger partial charge in [0.2, 0.25) is 5.91 Å². The lowest BCUT2D eigenvalue weighted by Gasteiger charge is -2.13. The molecular formula is C20H22N2O5. The molecule has 7 nitrogen and oxygen atoms in total. The highest BCUT2D eigenvalue weighted by Crippen LogP contribution is 2.32. The summed E-state index contributed by atoms with van der Waals surface area (Å²) in [6.45, 7) is 0.134. The van der Waals surface area contributed by atoms with Gasteiger partial charge in [-0.1, -0.05) is 0 Å². The first-order valence-electron chi connectivity index (χ1n) is 8.32. The standard InChI is InChI=1S/C20H22N2O5/c1-24-13-5-6-16(19(10-13)27-4)21-20(23)12-22-8-7-15-17(22)9-14(25-2)11-18(15)26-3/h5-11H,12H2,1-4H3,(H,21,23). The third-order valence-corrected chi connectivity index (χ3v) is 4.28. The Bertz CT molecular complexity index is 964. The van der Waals surface area contributed by atoms with Crippen LogP contribution in [0.1, 0.15) is 0 Å². The van der Waals surface area contributed by atoms with Gasteiger partial charge in [-0.3, -0.25) is 4.79 Å². The minimum atomic E-state index is -0.183. The van der Waals surface area contributed by atoms with Crippen molar-refractivity contribution in [2.45, 2.75) is 6.54 Å². The number of carbonyl (C=O) groups excluding carboxylic acids is 1. The third kappa shape index (κ3) is 3.76. The van der Waals surface area contributed by atoms with Crippen LogP contribution in [-0.2, 0) is 11.3 Å². The van der Waals surface area contributed by atoms with Crippen LogP contribution < -0.4 is 24.3 Å². The van der Waals surface area contributed by atoms with E-state index in [2.05, 4.69) is 5.32 Å². The Morgan fingerprint density at radius 1 is 0.889 bits per heavy atom. The first kappa shape index (κ1) is 18.4. The van der Waals surface area contributed by atoms with Crippen LogP contribution in [0.5, 0.6) is 23.0 Å². The molecule has 2 aromatic carbocycles. The molecule has 0 aliphatic heterocycles. The van der Waals surface area contributed by atoms with Gasteiger partial charge in [0.25, 0.3) is 0 Å². The van der Waals surface area contributed by atoms with E-state index in [0.717, 1.165) is 10.9 Å². The number of hydrogen-bond acceptors (Lipinski definition) is 5. The van der Waals surface area contributed by atoms with Crippen molar-refractivity contribution in [2.75, 3.05) is 33.8 Å². The molecule has 0 radical (unpaired) electrons. The maximum absolute atomic E-state index is 12.6. The predicted molar refractivity (Wildman–Crippen MR) is 103 cm³/mol. The van der Waals surface area contributed by atoms with E-state index in [1.807, 2.05) is 29.0 Å². The van der Waals surface area contributed by atoms with E-state index in [9.17, 15) is 4.79 Å². The SMILES string of the molecule is COc1ccc(NC(=O)Cn2ccc3c(OC)cc(OC)cc32)c(OC)c1. The first-order chi connectivity index (χ1) is 13.1. The zero-order valence-corrected chi connectivity index (χ0v) is 15.7. The number of benzene rings is 2. The molecule has 1 aromatic heterocycles. The Hall–Kier alpha value is -3.35. The van der Waals surface area contributed by atoms with Gasteiger partial charge in [0, 0.05) is 29.8 Å². The van der Waals surface area contributed by atoms with Gasteiger partial charge >= 0.3 is 0 Å².